The third kappa shape index (κ3) is 0.998. The third-order valence-electron chi connectivity index (χ3n) is 2.92. The van der Waals surface area contributed by atoms with E-state index in [0.29, 0.717) is 5.92 Å². The van der Waals surface area contributed by atoms with Crippen LogP contribution in [0.3, 0.4) is 0 Å². The van der Waals surface area contributed by atoms with Crippen LogP contribution in [0.2, 0.25) is 0 Å². The molecular formula is C12H12N. The molecule has 2 heterocycles. The van der Waals surface area contributed by atoms with E-state index < -0.39 is 0 Å². The second-order valence-electron chi connectivity index (χ2n) is 3.77. The minimum absolute atomic E-state index is 0.690. The van der Waals surface area contributed by atoms with Gasteiger partial charge >= 0.3 is 0 Å². The van der Waals surface area contributed by atoms with Crippen LogP contribution in [-0.2, 0) is 0 Å². The van der Waals surface area contributed by atoms with E-state index in [1.54, 1.807) is 0 Å². The predicted molar refractivity (Wildman–Crippen MR) is 52.5 cm³/mol. The van der Waals surface area contributed by atoms with Gasteiger partial charge in [0.2, 0.25) is 0 Å². The lowest BCUT2D eigenvalue weighted by molar-refractivity contribution is 0.384. The Bertz CT molecular complexity index is 340. The van der Waals surface area contributed by atoms with Crippen molar-refractivity contribution >= 4 is 0 Å². The molecule has 0 bridgehead atoms. The molecule has 0 saturated carbocycles. The quantitative estimate of drug-likeness (QED) is 0.539. The summed E-state index contributed by atoms with van der Waals surface area (Å²) in [6.45, 7) is 1.04. The van der Waals surface area contributed by atoms with Gasteiger partial charge in [0, 0.05) is 24.4 Å². The predicted octanol–water partition coefficient (Wildman–Crippen LogP) is 2.41. The van der Waals surface area contributed by atoms with Gasteiger partial charge in [0.25, 0.3) is 0 Å². The second-order valence-corrected chi connectivity index (χ2v) is 3.77. The van der Waals surface area contributed by atoms with Gasteiger partial charge in [0.05, 0.1) is 0 Å². The average Bonchev–Trinajstić information content (AvgIpc) is 2.19. The first-order valence-corrected chi connectivity index (χ1v) is 4.86. The molecule has 65 valence electrons. The maximum atomic E-state index is 3.34. The summed E-state index contributed by atoms with van der Waals surface area (Å²) in [6.07, 6.45) is 16.7. The van der Waals surface area contributed by atoms with Crippen molar-refractivity contribution in [2.24, 2.45) is 5.92 Å². The van der Waals surface area contributed by atoms with E-state index >= 15 is 0 Å². The maximum Gasteiger partial charge on any atom is 0.0406 e. The van der Waals surface area contributed by atoms with Gasteiger partial charge in [0.15, 0.2) is 0 Å². The fraction of sp³-hybridized carbons (Fsp3) is 0.333. The second kappa shape index (κ2) is 2.63. The molecular weight excluding hydrogens is 158 g/mol. The zero-order valence-electron chi connectivity index (χ0n) is 7.53. The fourth-order valence-corrected chi connectivity index (χ4v) is 2.33. The topological polar surface area (TPSA) is 3.24 Å². The first-order chi connectivity index (χ1) is 6.45. The minimum atomic E-state index is 0.690. The van der Waals surface area contributed by atoms with Crippen LogP contribution >= 0.6 is 0 Å². The molecule has 1 nitrogen and oxygen atoms in total. The Morgan fingerprint density at radius 2 is 2.38 bits per heavy atom. The first kappa shape index (κ1) is 7.19. The maximum absolute atomic E-state index is 3.34. The van der Waals surface area contributed by atoms with Crippen molar-refractivity contribution in [2.75, 3.05) is 6.54 Å². The molecule has 3 aliphatic rings. The van der Waals surface area contributed by atoms with Crippen LogP contribution < -0.4 is 0 Å². The van der Waals surface area contributed by atoms with E-state index in [0.717, 1.165) is 13.0 Å². The van der Waals surface area contributed by atoms with Crippen LogP contribution in [0.15, 0.2) is 41.8 Å². The highest BCUT2D eigenvalue weighted by Gasteiger charge is 2.26. The van der Waals surface area contributed by atoms with Crippen molar-refractivity contribution in [3.05, 3.63) is 47.9 Å². The van der Waals surface area contributed by atoms with Gasteiger partial charge < -0.3 is 4.90 Å². The zero-order valence-corrected chi connectivity index (χ0v) is 7.53. The SMILES string of the molecule is [C]1=CC2=C3C(C1)CC=CN3CC=C2. The Balaban J connectivity index is 2.13. The highest BCUT2D eigenvalue weighted by Crippen LogP contribution is 2.36. The van der Waals surface area contributed by atoms with Gasteiger partial charge in [-0.2, -0.15) is 0 Å². The minimum Gasteiger partial charge on any atom is -0.347 e. The summed E-state index contributed by atoms with van der Waals surface area (Å²) >= 11 is 0. The van der Waals surface area contributed by atoms with Crippen LogP contribution in [0.4, 0.5) is 0 Å². The summed E-state index contributed by atoms with van der Waals surface area (Å²) in [7, 11) is 0. The summed E-state index contributed by atoms with van der Waals surface area (Å²) < 4.78 is 0. The summed E-state index contributed by atoms with van der Waals surface area (Å²) in [5.74, 6) is 0.690. The normalized spacial score (nSPS) is 29.5. The van der Waals surface area contributed by atoms with Gasteiger partial charge in [-0.3, -0.25) is 0 Å². The molecule has 1 atom stereocenters. The molecule has 3 rings (SSSR count). The number of allylic oxidation sites excluding steroid dienone is 6. The Hall–Kier alpha value is -1.24. The van der Waals surface area contributed by atoms with Crippen LogP contribution in [0, 0.1) is 12.0 Å². The van der Waals surface area contributed by atoms with Gasteiger partial charge in [-0.15, -0.1) is 0 Å². The van der Waals surface area contributed by atoms with Gasteiger partial charge in [-0.25, -0.2) is 0 Å². The Morgan fingerprint density at radius 3 is 3.38 bits per heavy atom. The van der Waals surface area contributed by atoms with Crippen molar-refractivity contribution in [1.29, 1.82) is 0 Å². The number of hydrogen-bond donors (Lipinski definition) is 0. The molecule has 1 aliphatic carbocycles. The van der Waals surface area contributed by atoms with Crippen molar-refractivity contribution < 1.29 is 0 Å². The lowest BCUT2D eigenvalue weighted by atomic mass is 9.85. The monoisotopic (exact) mass is 170 g/mol. The fourth-order valence-electron chi connectivity index (χ4n) is 2.33. The molecule has 0 amide bonds. The van der Waals surface area contributed by atoms with Gasteiger partial charge in [-0.05, 0) is 30.6 Å². The lowest BCUT2D eigenvalue weighted by Gasteiger charge is -2.36. The van der Waals surface area contributed by atoms with Gasteiger partial charge in [0.1, 0.15) is 0 Å². The summed E-state index contributed by atoms with van der Waals surface area (Å²) in [6, 6.07) is 0. The Kier molecular flexibility index (Phi) is 1.45. The third-order valence-corrected chi connectivity index (χ3v) is 2.92. The molecule has 0 aromatic rings. The molecule has 0 aromatic heterocycles. The summed E-state index contributed by atoms with van der Waals surface area (Å²) in [5, 5.41) is 0. The molecule has 0 N–H and O–H groups in total. The first-order valence-electron chi connectivity index (χ1n) is 4.86. The molecule has 0 fully saturated rings. The van der Waals surface area contributed by atoms with E-state index in [4.69, 9.17) is 0 Å². The molecule has 1 radical (unpaired) electrons. The molecule has 0 saturated heterocycles. The van der Waals surface area contributed by atoms with Gasteiger partial charge in [-0.1, -0.05) is 18.2 Å². The smallest absolute Gasteiger partial charge is 0.0406 e. The van der Waals surface area contributed by atoms with Crippen molar-refractivity contribution in [2.45, 2.75) is 12.8 Å². The van der Waals surface area contributed by atoms with E-state index in [-0.39, 0.29) is 0 Å². The molecule has 2 aliphatic heterocycles. The number of nitrogens with zero attached hydrogens (tertiary/aromatic N) is 1. The van der Waals surface area contributed by atoms with Crippen LogP contribution in [-0.4, -0.2) is 11.4 Å². The lowest BCUT2D eigenvalue weighted by Crippen LogP contribution is -2.30. The molecule has 0 spiro atoms. The largest absolute Gasteiger partial charge is 0.347 e. The van der Waals surface area contributed by atoms with Crippen LogP contribution in [0.25, 0.3) is 0 Å². The Labute approximate surface area is 78.7 Å². The summed E-state index contributed by atoms with van der Waals surface area (Å²) in [4.78, 5) is 2.36. The van der Waals surface area contributed by atoms with E-state index in [1.807, 2.05) is 0 Å². The molecule has 1 unspecified atom stereocenters. The van der Waals surface area contributed by atoms with Crippen molar-refractivity contribution in [1.82, 2.24) is 4.90 Å². The van der Waals surface area contributed by atoms with E-state index in [9.17, 15) is 0 Å². The molecule has 0 aromatic carbocycles. The zero-order chi connectivity index (χ0) is 8.67. The molecule has 1 heteroatoms. The average molecular weight is 170 g/mol. The highest BCUT2D eigenvalue weighted by molar-refractivity contribution is 5.42. The number of hydrogen-bond acceptors (Lipinski definition) is 1. The van der Waals surface area contributed by atoms with Crippen LogP contribution in [0.5, 0.6) is 0 Å². The standard InChI is InChI=1S/C12H12N/c1-4-10-6-2-8-13-9-3-7-11(5-1)12(10)13/h2-4,6,9,11H,5,7-8H2. The van der Waals surface area contributed by atoms with E-state index in [1.165, 1.54) is 17.7 Å². The van der Waals surface area contributed by atoms with Crippen molar-refractivity contribution in [3.63, 3.8) is 0 Å². The molecule has 13 heavy (non-hydrogen) atoms. The van der Waals surface area contributed by atoms with Crippen molar-refractivity contribution in [3.8, 4) is 0 Å². The number of rotatable bonds is 0. The van der Waals surface area contributed by atoms with Crippen LogP contribution in [0.1, 0.15) is 12.8 Å². The summed E-state index contributed by atoms with van der Waals surface area (Å²) in [5.41, 5.74) is 2.88. The van der Waals surface area contributed by atoms with E-state index in [2.05, 4.69) is 41.5 Å². The highest BCUT2D eigenvalue weighted by atomic mass is 15.1. The Morgan fingerprint density at radius 1 is 1.38 bits per heavy atom.